The normalized spacial score (nSPS) is 13.0. The lowest BCUT2D eigenvalue weighted by molar-refractivity contribution is 0.0679. The summed E-state index contributed by atoms with van der Waals surface area (Å²) in [6.45, 7) is 0. The molecule has 4 bridgehead atoms. The van der Waals surface area contributed by atoms with Crippen molar-refractivity contribution in [3.8, 4) is 11.5 Å². The first-order valence-electron chi connectivity index (χ1n) is 8.30. The first-order chi connectivity index (χ1) is 12.4. The Kier molecular flexibility index (Phi) is 4.84. The van der Waals surface area contributed by atoms with Gasteiger partial charge in [-0.1, -0.05) is 0 Å². The monoisotopic (exact) mass is 356 g/mol. The molecule has 4 aliphatic carbocycles. The van der Waals surface area contributed by atoms with E-state index in [1.807, 2.05) is 12.1 Å². The highest BCUT2D eigenvalue weighted by Crippen LogP contribution is 2.33. The van der Waals surface area contributed by atoms with Crippen molar-refractivity contribution < 1.29 is 29.3 Å². The van der Waals surface area contributed by atoms with Crippen molar-refractivity contribution in [2.45, 2.75) is 25.7 Å². The number of methoxy groups -OCH3 is 2. The van der Waals surface area contributed by atoms with Crippen LogP contribution in [0.2, 0.25) is 0 Å². The lowest BCUT2D eigenvalue weighted by Gasteiger charge is -2.18. The SMILES string of the molecule is COc1cc2c(OC)cc1CCc1cc(C(=O)O)c(cc1C(=O)O)CC2. The van der Waals surface area contributed by atoms with Crippen LogP contribution in [0.25, 0.3) is 0 Å². The first kappa shape index (κ1) is 17.8. The number of benzene rings is 2. The van der Waals surface area contributed by atoms with Crippen LogP contribution in [0.5, 0.6) is 11.5 Å². The molecule has 0 unspecified atom stereocenters. The molecule has 0 heterocycles. The number of ether oxygens (including phenoxy) is 2. The summed E-state index contributed by atoms with van der Waals surface area (Å²) in [7, 11) is 3.19. The maximum absolute atomic E-state index is 11.7. The van der Waals surface area contributed by atoms with Crippen molar-refractivity contribution in [2.75, 3.05) is 14.2 Å². The molecular weight excluding hydrogens is 336 g/mol. The summed E-state index contributed by atoms with van der Waals surface area (Å²) >= 11 is 0. The first-order valence-corrected chi connectivity index (χ1v) is 8.30. The molecule has 6 heteroatoms. The summed E-state index contributed by atoms with van der Waals surface area (Å²) in [4.78, 5) is 23.3. The summed E-state index contributed by atoms with van der Waals surface area (Å²) in [5.41, 5.74) is 3.11. The van der Waals surface area contributed by atoms with E-state index in [2.05, 4.69) is 0 Å². The number of rotatable bonds is 4. The summed E-state index contributed by atoms with van der Waals surface area (Å²) in [5.74, 6) is -0.639. The molecule has 2 N–H and O–H groups in total. The van der Waals surface area contributed by atoms with Gasteiger partial charge in [0.15, 0.2) is 0 Å². The Hall–Kier alpha value is -3.02. The minimum atomic E-state index is -1.05. The number of aromatic carboxylic acids is 2. The summed E-state index contributed by atoms with van der Waals surface area (Å²) < 4.78 is 11.0. The molecule has 2 aromatic carbocycles. The number of hydrogen-bond acceptors (Lipinski definition) is 4. The zero-order valence-electron chi connectivity index (χ0n) is 14.7. The second-order valence-electron chi connectivity index (χ2n) is 6.25. The summed E-state index contributed by atoms with van der Waals surface area (Å²) in [6, 6.07) is 6.83. The van der Waals surface area contributed by atoms with Crippen LogP contribution in [0.15, 0.2) is 24.3 Å². The van der Waals surface area contributed by atoms with Crippen molar-refractivity contribution in [3.05, 3.63) is 57.6 Å². The number of carboxylic acids is 2. The van der Waals surface area contributed by atoms with E-state index in [0.717, 1.165) is 22.6 Å². The molecule has 26 heavy (non-hydrogen) atoms. The van der Waals surface area contributed by atoms with E-state index in [1.54, 1.807) is 14.2 Å². The van der Waals surface area contributed by atoms with Crippen LogP contribution in [-0.2, 0) is 25.7 Å². The lowest BCUT2D eigenvalue weighted by atomic mass is 9.89. The molecule has 0 amide bonds. The van der Waals surface area contributed by atoms with Gasteiger partial charge in [-0.3, -0.25) is 0 Å². The highest BCUT2D eigenvalue weighted by Gasteiger charge is 2.21. The molecule has 0 saturated carbocycles. The molecule has 0 radical (unpaired) electrons. The molecule has 2 aromatic rings. The Bertz CT molecular complexity index is 811. The van der Waals surface area contributed by atoms with E-state index in [-0.39, 0.29) is 11.1 Å². The van der Waals surface area contributed by atoms with Crippen molar-refractivity contribution >= 4 is 11.9 Å². The van der Waals surface area contributed by atoms with Gasteiger partial charge in [0.05, 0.1) is 25.3 Å². The predicted molar refractivity (Wildman–Crippen MR) is 94.7 cm³/mol. The van der Waals surface area contributed by atoms with Crippen LogP contribution in [0.3, 0.4) is 0 Å². The fourth-order valence-electron chi connectivity index (χ4n) is 3.45. The molecular formula is C20H20O6. The van der Waals surface area contributed by atoms with Crippen LogP contribution >= 0.6 is 0 Å². The standard InChI is InChI=1S/C20H20O6/c1-25-17-9-14-6-4-12-8-15(19(21)22)11(7-16(12)20(23)24)3-5-13(17)10-18(14)26-2/h7-10H,3-6H2,1-2H3,(H,21,22)(H,23,24). The average molecular weight is 356 g/mol. The highest BCUT2D eigenvalue weighted by molar-refractivity contribution is 5.94. The van der Waals surface area contributed by atoms with E-state index in [9.17, 15) is 19.8 Å². The maximum atomic E-state index is 11.7. The van der Waals surface area contributed by atoms with Crippen LogP contribution in [0, 0.1) is 0 Å². The van der Waals surface area contributed by atoms with Gasteiger partial charge in [-0.25, -0.2) is 9.59 Å². The van der Waals surface area contributed by atoms with E-state index in [0.29, 0.717) is 36.8 Å². The number of hydrogen-bond donors (Lipinski definition) is 2. The largest absolute Gasteiger partial charge is 0.496 e. The average Bonchev–Trinajstić information content (AvgIpc) is 2.62. The molecule has 0 aromatic heterocycles. The Labute approximate surface area is 151 Å². The number of carbonyl (C=O) groups is 2. The van der Waals surface area contributed by atoms with Crippen LogP contribution in [0.4, 0.5) is 0 Å². The van der Waals surface area contributed by atoms with Gasteiger partial charge in [0, 0.05) is 0 Å². The van der Waals surface area contributed by atoms with Gasteiger partial charge < -0.3 is 19.7 Å². The topological polar surface area (TPSA) is 93.1 Å². The molecule has 136 valence electrons. The van der Waals surface area contributed by atoms with E-state index < -0.39 is 11.9 Å². The molecule has 0 spiro atoms. The van der Waals surface area contributed by atoms with Gasteiger partial charge in [-0.15, -0.1) is 0 Å². The zero-order valence-corrected chi connectivity index (χ0v) is 14.7. The lowest BCUT2D eigenvalue weighted by Crippen LogP contribution is -2.13. The second kappa shape index (κ2) is 7.07. The third-order valence-corrected chi connectivity index (χ3v) is 4.80. The molecule has 6 rings (SSSR count). The van der Waals surface area contributed by atoms with Crippen LogP contribution < -0.4 is 9.47 Å². The van der Waals surface area contributed by atoms with Crippen molar-refractivity contribution in [1.82, 2.24) is 0 Å². The minimum absolute atomic E-state index is 0.158. The van der Waals surface area contributed by atoms with Crippen LogP contribution in [0.1, 0.15) is 43.0 Å². The molecule has 0 fully saturated rings. The Morgan fingerprint density at radius 1 is 0.692 bits per heavy atom. The number of carboxylic acid groups (broad SMARTS) is 2. The molecule has 0 atom stereocenters. The molecule has 0 aliphatic heterocycles. The third-order valence-electron chi connectivity index (χ3n) is 4.80. The van der Waals surface area contributed by atoms with Crippen molar-refractivity contribution in [3.63, 3.8) is 0 Å². The molecule has 6 nitrogen and oxygen atoms in total. The minimum Gasteiger partial charge on any atom is -0.496 e. The summed E-state index contributed by atoms with van der Waals surface area (Å²) in [6.07, 6.45) is 1.80. The second-order valence-corrected chi connectivity index (χ2v) is 6.25. The zero-order chi connectivity index (χ0) is 18.8. The van der Waals surface area contributed by atoms with Gasteiger partial charge in [-0.2, -0.15) is 0 Å². The Morgan fingerprint density at radius 3 is 1.35 bits per heavy atom. The van der Waals surface area contributed by atoms with E-state index in [1.165, 1.54) is 12.1 Å². The van der Waals surface area contributed by atoms with Gasteiger partial charge >= 0.3 is 11.9 Å². The quantitative estimate of drug-likeness (QED) is 0.875. The van der Waals surface area contributed by atoms with E-state index in [4.69, 9.17) is 9.47 Å². The van der Waals surface area contributed by atoms with Crippen molar-refractivity contribution in [1.29, 1.82) is 0 Å². The fraction of sp³-hybridized carbons (Fsp3) is 0.300. The van der Waals surface area contributed by atoms with Gasteiger partial charge in [0.1, 0.15) is 11.5 Å². The summed E-state index contributed by atoms with van der Waals surface area (Å²) in [5, 5.41) is 19.1. The molecule has 0 saturated heterocycles. The van der Waals surface area contributed by atoms with Gasteiger partial charge in [-0.05, 0) is 72.2 Å². The van der Waals surface area contributed by atoms with E-state index >= 15 is 0 Å². The van der Waals surface area contributed by atoms with Gasteiger partial charge in [0.25, 0.3) is 0 Å². The van der Waals surface area contributed by atoms with Crippen LogP contribution in [-0.4, -0.2) is 36.4 Å². The highest BCUT2D eigenvalue weighted by atomic mass is 16.5. The van der Waals surface area contributed by atoms with Gasteiger partial charge in [0.2, 0.25) is 0 Å². The Balaban J connectivity index is 2.19. The predicted octanol–water partition coefficient (Wildman–Crippen LogP) is 2.98. The maximum Gasteiger partial charge on any atom is 0.335 e. The molecule has 4 aliphatic rings. The number of aryl methyl sites for hydroxylation is 4. The van der Waals surface area contributed by atoms with Crippen molar-refractivity contribution in [2.24, 2.45) is 0 Å². The smallest absolute Gasteiger partial charge is 0.335 e. The Morgan fingerprint density at radius 2 is 1.04 bits per heavy atom. The third kappa shape index (κ3) is 3.22. The fourth-order valence-corrected chi connectivity index (χ4v) is 3.45.